The summed E-state index contributed by atoms with van der Waals surface area (Å²) in [5.41, 5.74) is 12.6. The Labute approximate surface area is 262 Å². The summed E-state index contributed by atoms with van der Waals surface area (Å²) >= 11 is 0. The van der Waals surface area contributed by atoms with Crippen LogP contribution in [0.15, 0.2) is 48.5 Å². The largest absolute Gasteiger partial charge is 0.480 e. The average Bonchev–Trinajstić information content (AvgIpc) is 3.73. The molecule has 1 amide bonds. The summed E-state index contributed by atoms with van der Waals surface area (Å²) in [4.78, 5) is 28.0. The summed E-state index contributed by atoms with van der Waals surface area (Å²) < 4.78 is 2.06. The number of piperidine rings is 1. The molecule has 238 valence electrons. The van der Waals surface area contributed by atoms with Gasteiger partial charge in [0.05, 0.1) is 6.54 Å². The highest BCUT2D eigenvalue weighted by Gasteiger charge is 2.22. The molecule has 1 saturated heterocycles. The molecule has 1 fully saturated rings. The Kier molecular flexibility index (Phi) is 11.0. The summed E-state index contributed by atoms with van der Waals surface area (Å²) in [6.45, 7) is 4.38. The van der Waals surface area contributed by atoms with Crippen molar-refractivity contribution in [3.05, 3.63) is 65.7 Å². The van der Waals surface area contributed by atoms with Gasteiger partial charge >= 0.3 is 5.97 Å². The maximum absolute atomic E-state index is 12.2. The van der Waals surface area contributed by atoms with Gasteiger partial charge in [0.25, 0.3) is 0 Å². The molecule has 0 spiro atoms. The topological polar surface area (TPSA) is 181 Å². The van der Waals surface area contributed by atoms with Crippen molar-refractivity contribution in [2.45, 2.75) is 77.3 Å². The van der Waals surface area contributed by atoms with E-state index in [0.29, 0.717) is 18.3 Å². The maximum atomic E-state index is 12.2. The van der Waals surface area contributed by atoms with E-state index < -0.39 is 12.0 Å². The molecule has 45 heavy (non-hydrogen) atoms. The SMILES string of the molecule is CCCCc1nc(CCC2CCN(NC(=O)CCC(N)C(=O)O)CC2)nn1Cc1ccc(-c2ccccc2-c2nn[nH]n2)cc1. The van der Waals surface area contributed by atoms with E-state index >= 15 is 0 Å². The number of nitrogens with zero attached hydrogens (tertiary/aromatic N) is 7. The minimum Gasteiger partial charge on any atom is -0.480 e. The number of nitrogens with one attached hydrogen (secondary N) is 2. The van der Waals surface area contributed by atoms with E-state index in [9.17, 15) is 9.59 Å². The summed E-state index contributed by atoms with van der Waals surface area (Å²) in [5, 5.41) is 30.3. The number of nitrogens with two attached hydrogens (primary N) is 1. The number of carboxylic acids is 1. The van der Waals surface area contributed by atoms with Crippen LogP contribution in [0.1, 0.15) is 69.1 Å². The van der Waals surface area contributed by atoms with Gasteiger partial charge in [-0.15, -0.1) is 10.2 Å². The number of aliphatic carboxylic acids is 1. The van der Waals surface area contributed by atoms with Gasteiger partial charge in [-0.1, -0.05) is 61.9 Å². The van der Waals surface area contributed by atoms with Gasteiger partial charge in [-0.3, -0.25) is 15.0 Å². The molecule has 13 heteroatoms. The first-order chi connectivity index (χ1) is 21.9. The molecule has 3 heterocycles. The lowest BCUT2D eigenvalue weighted by molar-refractivity contribution is -0.138. The van der Waals surface area contributed by atoms with Crippen LogP contribution in [0.5, 0.6) is 0 Å². The van der Waals surface area contributed by atoms with E-state index in [1.807, 2.05) is 23.2 Å². The zero-order chi connectivity index (χ0) is 31.6. The van der Waals surface area contributed by atoms with Crippen LogP contribution in [0.2, 0.25) is 0 Å². The van der Waals surface area contributed by atoms with Crippen molar-refractivity contribution < 1.29 is 14.7 Å². The van der Waals surface area contributed by atoms with Gasteiger partial charge in [-0.25, -0.2) is 14.7 Å². The van der Waals surface area contributed by atoms with Crippen molar-refractivity contribution in [3.63, 3.8) is 0 Å². The fourth-order valence-corrected chi connectivity index (χ4v) is 5.66. The molecule has 1 aliphatic rings. The number of hydrazine groups is 1. The number of aromatic amines is 1. The second-order valence-corrected chi connectivity index (χ2v) is 11.7. The fraction of sp³-hybridized carbons (Fsp3) is 0.469. The van der Waals surface area contributed by atoms with Crippen molar-refractivity contribution in [2.24, 2.45) is 11.7 Å². The second kappa shape index (κ2) is 15.5. The molecule has 4 aromatic rings. The zero-order valence-corrected chi connectivity index (χ0v) is 25.7. The fourth-order valence-electron chi connectivity index (χ4n) is 5.66. The van der Waals surface area contributed by atoms with Crippen molar-refractivity contribution >= 4 is 11.9 Å². The molecule has 13 nitrogen and oxygen atoms in total. The third-order valence-corrected chi connectivity index (χ3v) is 8.33. The number of hydrogen-bond donors (Lipinski definition) is 4. The van der Waals surface area contributed by atoms with Crippen molar-refractivity contribution in [2.75, 3.05) is 13.1 Å². The van der Waals surface area contributed by atoms with E-state index in [0.717, 1.165) is 91.9 Å². The first-order valence-corrected chi connectivity index (χ1v) is 15.8. The number of carbonyl (C=O) groups is 2. The number of carboxylic acid groups (broad SMARTS) is 1. The lowest BCUT2D eigenvalue weighted by atomic mass is 9.93. The number of H-pyrrole nitrogens is 1. The van der Waals surface area contributed by atoms with Gasteiger partial charge < -0.3 is 10.8 Å². The number of aromatic nitrogens is 7. The molecule has 5 rings (SSSR count). The molecule has 0 aliphatic carbocycles. The van der Waals surface area contributed by atoms with Crippen molar-refractivity contribution in [1.29, 1.82) is 0 Å². The molecule has 0 radical (unpaired) electrons. The van der Waals surface area contributed by atoms with Crippen LogP contribution in [0.3, 0.4) is 0 Å². The number of aryl methyl sites for hydroxylation is 2. The highest BCUT2D eigenvalue weighted by Crippen LogP contribution is 2.30. The van der Waals surface area contributed by atoms with Gasteiger partial charge in [0.2, 0.25) is 11.7 Å². The molecule has 2 aromatic carbocycles. The van der Waals surface area contributed by atoms with Gasteiger partial charge in [-0.05, 0) is 59.9 Å². The average molecular weight is 615 g/mol. The van der Waals surface area contributed by atoms with Crippen LogP contribution in [0, 0.1) is 5.92 Å². The number of unbranched alkanes of at least 4 members (excludes halogenated alkanes) is 1. The molecule has 1 atom stereocenters. The molecular weight excluding hydrogens is 572 g/mol. The lowest BCUT2D eigenvalue weighted by Crippen LogP contribution is -2.47. The minimum atomic E-state index is -1.09. The molecule has 0 saturated carbocycles. The molecule has 1 aliphatic heterocycles. The van der Waals surface area contributed by atoms with Gasteiger partial charge in [-0.2, -0.15) is 10.3 Å². The predicted octanol–water partition coefficient (Wildman–Crippen LogP) is 3.38. The number of amides is 1. The van der Waals surface area contributed by atoms with Gasteiger partial charge in [0, 0.05) is 37.9 Å². The number of benzene rings is 2. The maximum Gasteiger partial charge on any atom is 0.320 e. The summed E-state index contributed by atoms with van der Waals surface area (Å²) in [6.07, 6.45) is 7.05. The first kappa shape index (κ1) is 31.9. The standard InChI is InChI=1S/C32H42N10O3/c1-2-3-8-29-34-28(15-11-22-17-19-41(20-18-22)38-30(43)16-14-27(33)32(44)45)37-42(29)21-23-9-12-24(13-10-23)25-6-4-5-7-26(25)31-35-39-40-36-31/h4-7,9-10,12-13,22,27H,2-3,8,11,14-21,33H2,1H3,(H,38,43)(H,44,45)(H,35,36,39,40). The predicted molar refractivity (Wildman–Crippen MR) is 168 cm³/mol. The Morgan fingerprint density at radius 2 is 1.84 bits per heavy atom. The van der Waals surface area contributed by atoms with Gasteiger partial charge in [0.15, 0.2) is 5.82 Å². The van der Waals surface area contributed by atoms with E-state index in [1.54, 1.807) is 0 Å². The van der Waals surface area contributed by atoms with Crippen molar-refractivity contribution in [3.8, 4) is 22.5 Å². The van der Waals surface area contributed by atoms with E-state index in [2.05, 4.69) is 68.0 Å². The zero-order valence-electron chi connectivity index (χ0n) is 25.7. The van der Waals surface area contributed by atoms with E-state index in [4.69, 9.17) is 20.9 Å². The lowest BCUT2D eigenvalue weighted by Gasteiger charge is -2.32. The highest BCUT2D eigenvalue weighted by molar-refractivity contribution is 5.80. The van der Waals surface area contributed by atoms with Crippen LogP contribution < -0.4 is 11.2 Å². The number of hydrogen-bond acceptors (Lipinski definition) is 9. The van der Waals surface area contributed by atoms with Gasteiger partial charge in [0.1, 0.15) is 11.9 Å². The molecule has 5 N–H and O–H groups in total. The Balaban J connectivity index is 1.15. The summed E-state index contributed by atoms with van der Waals surface area (Å²) in [7, 11) is 0. The highest BCUT2D eigenvalue weighted by atomic mass is 16.4. The normalized spacial score (nSPS) is 14.8. The quantitative estimate of drug-likeness (QED) is 0.155. The van der Waals surface area contributed by atoms with Crippen LogP contribution in [0.4, 0.5) is 0 Å². The monoisotopic (exact) mass is 614 g/mol. The Morgan fingerprint density at radius 1 is 1.09 bits per heavy atom. The number of rotatable bonds is 15. The first-order valence-electron chi connectivity index (χ1n) is 15.8. The number of tetrazole rings is 1. The summed E-state index contributed by atoms with van der Waals surface area (Å²) in [6, 6.07) is 15.5. The van der Waals surface area contributed by atoms with Crippen LogP contribution in [-0.4, -0.2) is 76.5 Å². The summed E-state index contributed by atoms with van der Waals surface area (Å²) in [5.74, 6) is 1.74. The number of carbonyl (C=O) groups excluding carboxylic acids is 1. The Hall–Kier alpha value is -4.49. The van der Waals surface area contributed by atoms with E-state index in [-0.39, 0.29) is 18.7 Å². The molecule has 0 bridgehead atoms. The van der Waals surface area contributed by atoms with Crippen molar-refractivity contribution in [1.82, 2.24) is 45.8 Å². The Morgan fingerprint density at radius 3 is 2.53 bits per heavy atom. The van der Waals surface area contributed by atoms with Crippen LogP contribution in [0.25, 0.3) is 22.5 Å². The van der Waals surface area contributed by atoms with Crippen LogP contribution >= 0.6 is 0 Å². The molecule has 1 unspecified atom stereocenters. The second-order valence-electron chi connectivity index (χ2n) is 11.7. The van der Waals surface area contributed by atoms with E-state index in [1.165, 1.54) is 0 Å². The third kappa shape index (κ3) is 8.79. The molecular formula is C32H42N10O3. The van der Waals surface area contributed by atoms with Crippen LogP contribution in [-0.2, 0) is 29.0 Å². The Bertz CT molecular complexity index is 1530. The smallest absolute Gasteiger partial charge is 0.320 e. The molecule has 2 aromatic heterocycles. The third-order valence-electron chi connectivity index (χ3n) is 8.33. The minimum absolute atomic E-state index is 0.0989.